The van der Waals surface area contributed by atoms with Crippen LogP contribution in [-0.4, -0.2) is 15.4 Å². The summed E-state index contributed by atoms with van der Waals surface area (Å²) in [5.74, 6) is 1.16. The zero-order chi connectivity index (χ0) is 16.1. The maximum atomic E-state index is 9.40. The molecule has 1 aromatic carbocycles. The number of hydrogen-bond donors (Lipinski definition) is 0. The Hall–Kier alpha value is -1.80. The SMILES string of the molecule is Cc1ccc(C[C@H](C#N)Sc2nnc(C3CCCCC3)o2)cc1. The lowest BCUT2D eigenvalue weighted by Gasteiger charge is -2.17. The molecule has 0 aliphatic heterocycles. The van der Waals surface area contributed by atoms with Crippen LogP contribution in [0.4, 0.5) is 0 Å². The van der Waals surface area contributed by atoms with E-state index in [1.165, 1.54) is 36.6 Å². The molecule has 23 heavy (non-hydrogen) atoms. The minimum Gasteiger partial charge on any atom is -0.416 e. The summed E-state index contributed by atoms with van der Waals surface area (Å²) in [7, 11) is 0. The van der Waals surface area contributed by atoms with Crippen molar-refractivity contribution >= 4 is 11.8 Å². The van der Waals surface area contributed by atoms with E-state index in [1.54, 1.807) is 0 Å². The van der Waals surface area contributed by atoms with Crippen LogP contribution >= 0.6 is 11.8 Å². The number of thioether (sulfide) groups is 1. The van der Waals surface area contributed by atoms with Crippen molar-refractivity contribution in [3.05, 3.63) is 41.3 Å². The van der Waals surface area contributed by atoms with E-state index < -0.39 is 0 Å². The van der Waals surface area contributed by atoms with E-state index in [0.717, 1.165) is 24.3 Å². The van der Waals surface area contributed by atoms with Crippen molar-refractivity contribution in [2.45, 2.75) is 61.8 Å². The molecule has 0 radical (unpaired) electrons. The third kappa shape index (κ3) is 4.35. The molecule has 2 aromatic rings. The fraction of sp³-hybridized carbons (Fsp3) is 0.500. The molecule has 0 amide bonds. The molecule has 1 fully saturated rings. The quantitative estimate of drug-likeness (QED) is 0.748. The maximum absolute atomic E-state index is 9.40. The van der Waals surface area contributed by atoms with E-state index in [9.17, 15) is 5.26 Å². The van der Waals surface area contributed by atoms with Crippen molar-refractivity contribution in [3.63, 3.8) is 0 Å². The van der Waals surface area contributed by atoms with E-state index in [4.69, 9.17) is 4.42 Å². The lowest BCUT2D eigenvalue weighted by molar-refractivity contribution is 0.334. The first-order chi connectivity index (χ1) is 11.2. The average Bonchev–Trinajstić information content (AvgIpc) is 3.05. The molecule has 1 aliphatic rings. The summed E-state index contributed by atoms with van der Waals surface area (Å²) in [4.78, 5) is 0. The minimum atomic E-state index is -0.211. The van der Waals surface area contributed by atoms with Crippen LogP contribution in [0, 0.1) is 18.3 Å². The summed E-state index contributed by atoms with van der Waals surface area (Å²) in [5.41, 5.74) is 2.38. The predicted molar refractivity (Wildman–Crippen MR) is 90.3 cm³/mol. The number of benzene rings is 1. The van der Waals surface area contributed by atoms with Gasteiger partial charge in [0, 0.05) is 5.92 Å². The topological polar surface area (TPSA) is 62.7 Å². The molecule has 0 bridgehead atoms. The molecular weight excluding hydrogens is 306 g/mol. The second-order valence-electron chi connectivity index (χ2n) is 6.17. The number of nitriles is 1. The first kappa shape index (κ1) is 16.1. The summed E-state index contributed by atoms with van der Waals surface area (Å²) < 4.78 is 5.80. The molecular formula is C18H21N3OS. The molecule has 0 unspecified atom stereocenters. The first-order valence-electron chi connectivity index (χ1n) is 8.20. The standard InChI is InChI=1S/C18H21N3OS/c1-13-7-9-14(10-8-13)11-16(12-19)23-18-21-20-17(22-18)15-5-3-2-4-6-15/h7-10,15-16H,2-6,11H2,1H3/t16-/m1/s1. The largest absolute Gasteiger partial charge is 0.416 e. The van der Waals surface area contributed by atoms with Gasteiger partial charge < -0.3 is 4.42 Å². The normalized spacial score (nSPS) is 16.9. The highest BCUT2D eigenvalue weighted by atomic mass is 32.2. The Morgan fingerprint density at radius 2 is 1.96 bits per heavy atom. The van der Waals surface area contributed by atoms with Gasteiger partial charge >= 0.3 is 0 Å². The zero-order valence-corrected chi connectivity index (χ0v) is 14.2. The summed E-state index contributed by atoms with van der Waals surface area (Å²) in [6.45, 7) is 2.06. The summed E-state index contributed by atoms with van der Waals surface area (Å²) in [5, 5.41) is 18.0. The molecule has 3 rings (SSSR count). The molecule has 1 saturated carbocycles. The summed E-state index contributed by atoms with van der Waals surface area (Å²) >= 11 is 1.37. The number of nitrogens with zero attached hydrogens (tertiary/aromatic N) is 3. The van der Waals surface area contributed by atoms with Crippen LogP contribution in [-0.2, 0) is 6.42 Å². The van der Waals surface area contributed by atoms with Crippen LogP contribution in [0.3, 0.4) is 0 Å². The van der Waals surface area contributed by atoms with Gasteiger partial charge in [0.05, 0.1) is 6.07 Å². The highest BCUT2D eigenvalue weighted by Crippen LogP contribution is 2.33. The van der Waals surface area contributed by atoms with E-state index in [-0.39, 0.29) is 5.25 Å². The second-order valence-corrected chi connectivity index (χ2v) is 7.32. The zero-order valence-electron chi connectivity index (χ0n) is 13.4. The molecule has 1 atom stereocenters. The lowest BCUT2D eigenvalue weighted by Crippen LogP contribution is -2.04. The first-order valence-corrected chi connectivity index (χ1v) is 9.08. The molecule has 120 valence electrons. The van der Waals surface area contributed by atoms with Crippen molar-refractivity contribution in [1.29, 1.82) is 5.26 Å². The van der Waals surface area contributed by atoms with Gasteiger partial charge in [-0.3, -0.25) is 0 Å². The van der Waals surface area contributed by atoms with E-state index in [1.807, 2.05) is 0 Å². The summed E-state index contributed by atoms with van der Waals surface area (Å²) in [6, 6.07) is 10.6. The van der Waals surface area contributed by atoms with Gasteiger partial charge in [-0.25, -0.2) is 0 Å². The monoisotopic (exact) mass is 327 g/mol. The molecule has 5 heteroatoms. The van der Waals surface area contributed by atoms with Gasteiger partial charge in [-0.05, 0) is 43.5 Å². The van der Waals surface area contributed by atoms with Crippen molar-refractivity contribution in [3.8, 4) is 6.07 Å². The van der Waals surface area contributed by atoms with Gasteiger partial charge in [0.15, 0.2) is 0 Å². The molecule has 0 saturated heterocycles. The Morgan fingerprint density at radius 3 is 2.65 bits per heavy atom. The van der Waals surface area contributed by atoms with Crippen LogP contribution in [0.15, 0.2) is 33.9 Å². The van der Waals surface area contributed by atoms with Gasteiger partial charge in [-0.2, -0.15) is 5.26 Å². The molecule has 4 nitrogen and oxygen atoms in total. The van der Waals surface area contributed by atoms with Gasteiger partial charge in [0.2, 0.25) is 5.89 Å². The Morgan fingerprint density at radius 1 is 1.22 bits per heavy atom. The molecule has 0 N–H and O–H groups in total. The fourth-order valence-electron chi connectivity index (χ4n) is 2.96. The average molecular weight is 327 g/mol. The van der Waals surface area contributed by atoms with Crippen LogP contribution in [0.1, 0.15) is 55.0 Å². The van der Waals surface area contributed by atoms with Gasteiger partial charge in [0.1, 0.15) is 5.25 Å². The predicted octanol–water partition coefficient (Wildman–Crippen LogP) is 4.65. The van der Waals surface area contributed by atoms with Crippen molar-refractivity contribution in [1.82, 2.24) is 10.2 Å². The van der Waals surface area contributed by atoms with Crippen molar-refractivity contribution in [2.75, 3.05) is 0 Å². The molecule has 1 heterocycles. The van der Waals surface area contributed by atoms with Gasteiger partial charge in [0.25, 0.3) is 5.22 Å². The molecule has 1 aromatic heterocycles. The lowest BCUT2D eigenvalue weighted by atomic mass is 9.89. The Balaban J connectivity index is 1.61. The van der Waals surface area contributed by atoms with Crippen LogP contribution in [0.2, 0.25) is 0 Å². The smallest absolute Gasteiger partial charge is 0.277 e. The van der Waals surface area contributed by atoms with Crippen molar-refractivity contribution in [2.24, 2.45) is 0 Å². The highest BCUT2D eigenvalue weighted by Gasteiger charge is 2.22. The third-order valence-corrected chi connectivity index (χ3v) is 5.23. The second kappa shape index (κ2) is 7.65. The minimum absolute atomic E-state index is 0.211. The van der Waals surface area contributed by atoms with Gasteiger partial charge in [-0.1, -0.05) is 49.1 Å². The van der Waals surface area contributed by atoms with Crippen molar-refractivity contribution < 1.29 is 4.42 Å². The molecule has 1 aliphatic carbocycles. The van der Waals surface area contributed by atoms with E-state index in [2.05, 4.69) is 47.5 Å². The number of hydrogen-bond acceptors (Lipinski definition) is 5. The highest BCUT2D eigenvalue weighted by molar-refractivity contribution is 7.99. The van der Waals surface area contributed by atoms with Gasteiger partial charge in [-0.15, -0.1) is 10.2 Å². The fourth-order valence-corrected chi connectivity index (χ4v) is 3.75. The molecule has 0 spiro atoms. The van der Waals surface area contributed by atoms with Crippen LogP contribution in [0.25, 0.3) is 0 Å². The Bertz CT molecular complexity index is 668. The number of rotatable bonds is 5. The maximum Gasteiger partial charge on any atom is 0.277 e. The van der Waals surface area contributed by atoms with E-state index >= 15 is 0 Å². The van der Waals surface area contributed by atoms with Crippen LogP contribution < -0.4 is 0 Å². The Labute approximate surface area is 141 Å². The van der Waals surface area contributed by atoms with E-state index in [0.29, 0.717) is 17.6 Å². The third-order valence-electron chi connectivity index (χ3n) is 4.31. The summed E-state index contributed by atoms with van der Waals surface area (Å²) in [6.07, 6.45) is 6.74. The number of aromatic nitrogens is 2. The number of aryl methyl sites for hydroxylation is 1. The Kier molecular flexibility index (Phi) is 5.35. The van der Waals surface area contributed by atoms with Crippen LogP contribution in [0.5, 0.6) is 0 Å².